The third-order valence-corrected chi connectivity index (χ3v) is 3.76. The summed E-state index contributed by atoms with van der Waals surface area (Å²) < 4.78 is 7.79. The summed E-state index contributed by atoms with van der Waals surface area (Å²) in [4.78, 5) is 16.0. The topological polar surface area (TPSA) is 44.1 Å². The van der Waals surface area contributed by atoms with Crippen molar-refractivity contribution in [3.05, 3.63) is 47.5 Å². The predicted molar refractivity (Wildman–Crippen MR) is 76.2 cm³/mol. The zero-order chi connectivity index (χ0) is 13.9. The van der Waals surface area contributed by atoms with E-state index in [2.05, 4.69) is 4.98 Å². The van der Waals surface area contributed by atoms with E-state index >= 15 is 0 Å². The van der Waals surface area contributed by atoms with Gasteiger partial charge < -0.3 is 9.30 Å². The Morgan fingerprint density at radius 1 is 1.35 bits per heavy atom. The summed E-state index contributed by atoms with van der Waals surface area (Å²) >= 11 is 0. The Kier molecular flexibility index (Phi) is 3.54. The third kappa shape index (κ3) is 2.59. The first-order valence-corrected chi connectivity index (χ1v) is 7.01. The summed E-state index contributed by atoms with van der Waals surface area (Å²) in [6, 6.07) is 5.86. The Morgan fingerprint density at radius 3 is 3.05 bits per heavy atom. The Labute approximate surface area is 118 Å². The van der Waals surface area contributed by atoms with Gasteiger partial charge in [0.25, 0.3) is 0 Å². The number of fused-ring (bicyclic) bond motifs is 1. The van der Waals surface area contributed by atoms with Crippen molar-refractivity contribution in [3.63, 3.8) is 0 Å². The SMILES string of the molecule is Cc1nccn1CCOc1ccc2c(c1)C(=O)CCC2. The summed E-state index contributed by atoms with van der Waals surface area (Å²) in [5.41, 5.74) is 1.99. The molecule has 104 valence electrons. The van der Waals surface area contributed by atoms with E-state index in [9.17, 15) is 4.79 Å². The largest absolute Gasteiger partial charge is 0.492 e. The lowest BCUT2D eigenvalue weighted by molar-refractivity contribution is 0.0972. The van der Waals surface area contributed by atoms with Crippen molar-refractivity contribution in [2.24, 2.45) is 0 Å². The van der Waals surface area contributed by atoms with Gasteiger partial charge in [0, 0.05) is 24.4 Å². The Morgan fingerprint density at radius 2 is 2.25 bits per heavy atom. The van der Waals surface area contributed by atoms with E-state index in [1.165, 1.54) is 0 Å². The number of hydrogen-bond acceptors (Lipinski definition) is 3. The number of hydrogen-bond donors (Lipinski definition) is 0. The molecule has 1 heterocycles. The van der Waals surface area contributed by atoms with Crippen LogP contribution in [-0.4, -0.2) is 21.9 Å². The second kappa shape index (κ2) is 5.49. The minimum atomic E-state index is 0.238. The summed E-state index contributed by atoms with van der Waals surface area (Å²) in [6.45, 7) is 3.30. The van der Waals surface area contributed by atoms with Crippen molar-refractivity contribution in [2.75, 3.05) is 6.61 Å². The van der Waals surface area contributed by atoms with Gasteiger partial charge in [0.1, 0.15) is 18.2 Å². The van der Waals surface area contributed by atoms with Gasteiger partial charge in [-0.1, -0.05) is 6.07 Å². The Hall–Kier alpha value is -2.10. The van der Waals surface area contributed by atoms with Crippen molar-refractivity contribution in [1.29, 1.82) is 0 Å². The smallest absolute Gasteiger partial charge is 0.163 e. The monoisotopic (exact) mass is 270 g/mol. The van der Waals surface area contributed by atoms with Crippen LogP contribution in [0.1, 0.15) is 34.6 Å². The molecular weight excluding hydrogens is 252 g/mol. The van der Waals surface area contributed by atoms with Crippen molar-refractivity contribution < 1.29 is 9.53 Å². The van der Waals surface area contributed by atoms with Crippen LogP contribution in [0, 0.1) is 6.92 Å². The predicted octanol–water partition coefficient (Wildman–Crippen LogP) is 2.79. The second-order valence-electron chi connectivity index (χ2n) is 5.11. The second-order valence-corrected chi connectivity index (χ2v) is 5.11. The normalized spacial score (nSPS) is 14.2. The van der Waals surface area contributed by atoms with Crippen LogP contribution in [0.15, 0.2) is 30.6 Å². The molecular formula is C16H18N2O2. The van der Waals surface area contributed by atoms with Gasteiger partial charge in [-0.3, -0.25) is 4.79 Å². The highest BCUT2D eigenvalue weighted by Gasteiger charge is 2.17. The molecule has 4 nitrogen and oxygen atoms in total. The van der Waals surface area contributed by atoms with Crippen LogP contribution in [0.5, 0.6) is 5.75 Å². The van der Waals surface area contributed by atoms with Crippen LogP contribution in [-0.2, 0) is 13.0 Å². The number of carbonyl (C=O) groups is 1. The first-order valence-electron chi connectivity index (χ1n) is 7.01. The quantitative estimate of drug-likeness (QED) is 0.858. The fourth-order valence-corrected chi connectivity index (χ4v) is 2.60. The first-order chi connectivity index (χ1) is 9.74. The van der Waals surface area contributed by atoms with Gasteiger partial charge in [-0.05, 0) is 37.5 Å². The maximum atomic E-state index is 11.9. The van der Waals surface area contributed by atoms with E-state index < -0.39 is 0 Å². The zero-order valence-corrected chi connectivity index (χ0v) is 11.6. The van der Waals surface area contributed by atoms with Crippen molar-refractivity contribution >= 4 is 5.78 Å². The van der Waals surface area contributed by atoms with E-state index in [0.717, 1.165) is 42.1 Å². The summed E-state index contributed by atoms with van der Waals surface area (Å²) in [7, 11) is 0. The zero-order valence-electron chi connectivity index (χ0n) is 11.6. The van der Waals surface area contributed by atoms with Gasteiger partial charge in [0.2, 0.25) is 0 Å². The fraction of sp³-hybridized carbons (Fsp3) is 0.375. The van der Waals surface area contributed by atoms with Gasteiger partial charge in [-0.2, -0.15) is 0 Å². The number of Topliss-reactive ketones (excluding diaryl/α,β-unsaturated/α-hetero) is 1. The molecule has 1 aromatic carbocycles. The molecule has 4 heteroatoms. The molecule has 0 spiro atoms. The lowest BCUT2D eigenvalue weighted by Crippen LogP contribution is -2.12. The minimum Gasteiger partial charge on any atom is -0.492 e. The van der Waals surface area contributed by atoms with Crippen molar-refractivity contribution in [2.45, 2.75) is 32.7 Å². The summed E-state index contributed by atoms with van der Waals surface area (Å²) in [5, 5.41) is 0. The molecule has 0 unspecified atom stereocenters. The number of aryl methyl sites for hydroxylation is 2. The van der Waals surface area contributed by atoms with Crippen molar-refractivity contribution in [1.82, 2.24) is 9.55 Å². The van der Waals surface area contributed by atoms with Crippen LogP contribution in [0.3, 0.4) is 0 Å². The van der Waals surface area contributed by atoms with E-state index in [1.54, 1.807) is 6.20 Å². The molecule has 0 amide bonds. The number of nitrogens with zero attached hydrogens (tertiary/aromatic N) is 2. The van der Waals surface area contributed by atoms with E-state index in [4.69, 9.17) is 4.74 Å². The van der Waals surface area contributed by atoms with Gasteiger partial charge in [-0.15, -0.1) is 0 Å². The molecule has 0 aliphatic heterocycles. The average molecular weight is 270 g/mol. The summed E-state index contributed by atoms with van der Waals surface area (Å²) in [5.74, 6) is 1.99. The number of aromatic nitrogens is 2. The maximum absolute atomic E-state index is 11.9. The van der Waals surface area contributed by atoms with Gasteiger partial charge in [0.15, 0.2) is 5.78 Å². The summed E-state index contributed by atoms with van der Waals surface area (Å²) in [6.07, 6.45) is 6.34. The minimum absolute atomic E-state index is 0.238. The number of ketones is 1. The maximum Gasteiger partial charge on any atom is 0.163 e. The molecule has 0 bridgehead atoms. The third-order valence-electron chi connectivity index (χ3n) is 3.76. The van der Waals surface area contributed by atoms with Crippen molar-refractivity contribution in [3.8, 4) is 5.75 Å². The highest BCUT2D eigenvalue weighted by Crippen LogP contribution is 2.25. The molecule has 0 saturated carbocycles. The number of rotatable bonds is 4. The molecule has 0 N–H and O–H groups in total. The molecule has 0 fully saturated rings. The standard InChI is InChI=1S/C16H18N2O2/c1-12-17-7-8-18(12)9-10-20-14-6-5-13-3-2-4-16(19)15(13)11-14/h5-8,11H,2-4,9-10H2,1H3. The molecule has 20 heavy (non-hydrogen) atoms. The first kappa shape index (κ1) is 12.9. The fourth-order valence-electron chi connectivity index (χ4n) is 2.60. The van der Waals surface area contributed by atoms with Gasteiger partial charge in [-0.25, -0.2) is 4.98 Å². The van der Waals surface area contributed by atoms with Gasteiger partial charge in [0.05, 0.1) is 6.54 Å². The molecule has 0 radical (unpaired) electrons. The Bertz CT molecular complexity index is 631. The highest BCUT2D eigenvalue weighted by molar-refractivity contribution is 5.98. The highest BCUT2D eigenvalue weighted by atomic mass is 16.5. The lowest BCUT2D eigenvalue weighted by atomic mass is 9.90. The van der Waals surface area contributed by atoms with E-state index in [-0.39, 0.29) is 5.78 Å². The number of ether oxygens (including phenoxy) is 1. The van der Waals surface area contributed by atoms with Crippen LogP contribution < -0.4 is 4.74 Å². The molecule has 1 aromatic heterocycles. The lowest BCUT2D eigenvalue weighted by Gasteiger charge is -2.16. The Balaban J connectivity index is 1.65. The van der Waals surface area contributed by atoms with Crippen LogP contribution >= 0.6 is 0 Å². The molecule has 1 aliphatic carbocycles. The number of benzene rings is 1. The molecule has 1 aliphatic rings. The molecule has 2 aromatic rings. The average Bonchev–Trinajstić information content (AvgIpc) is 2.85. The van der Waals surface area contributed by atoms with E-state index in [0.29, 0.717) is 13.0 Å². The number of carbonyl (C=O) groups excluding carboxylic acids is 1. The van der Waals surface area contributed by atoms with Crippen LogP contribution in [0.2, 0.25) is 0 Å². The van der Waals surface area contributed by atoms with E-state index in [1.807, 2.05) is 35.9 Å². The van der Waals surface area contributed by atoms with Gasteiger partial charge >= 0.3 is 0 Å². The molecule has 0 saturated heterocycles. The molecule has 3 rings (SSSR count). The number of imidazole rings is 1. The van der Waals surface area contributed by atoms with Crippen LogP contribution in [0.4, 0.5) is 0 Å². The molecule has 0 atom stereocenters. The van der Waals surface area contributed by atoms with Crippen LogP contribution in [0.25, 0.3) is 0 Å².